The third-order valence-corrected chi connectivity index (χ3v) is 6.61. The molecule has 1 radical (unpaired) electrons. The maximum atomic E-state index is 6.29. The van der Waals surface area contributed by atoms with Crippen LogP contribution >= 0.6 is 0 Å². The van der Waals surface area contributed by atoms with E-state index in [1.807, 2.05) is 0 Å². The van der Waals surface area contributed by atoms with Crippen LogP contribution in [0.4, 0.5) is 0 Å². The predicted molar refractivity (Wildman–Crippen MR) is 99.6 cm³/mol. The van der Waals surface area contributed by atoms with Crippen molar-refractivity contribution in [3.8, 4) is 11.3 Å². The summed E-state index contributed by atoms with van der Waals surface area (Å²) in [4.78, 5) is 4.82. The summed E-state index contributed by atoms with van der Waals surface area (Å²) >= 11 is 0. The van der Waals surface area contributed by atoms with Crippen LogP contribution in [0.25, 0.3) is 11.3 Å². The van der Waals surface area contributed by atoms with Crippen molar-refractivity contribution >= 4 is 0 Å². The van der Waals surface area contributed by atoms with Gasteiger partial charge in [0.1, 0.15) is 0 Å². The van der Waals surface area contributed by atoms with Gasteiger partial charge in [0.25, 0.3) is 0 Å². The molecule has 2 bridgehead atoms. The molecule has 0 saturated heterocycles. The first kappa shape index (κ1) is 18.3. The molecule has 0 atom stereocenters. The average Bonchev–Trinajstić information content (AvgIpc) is 2.80. The number of hydrogen-bond acceptors (Lipinski definition) is 2. The molecule has 6 rings (SSSR count). The number of aromatic nitrogens is 1. The molecule has 1 aromatic carbocycles. The van der Waals surface area contributed by atoms with E-state index in [2.05, 4.69) is 58.2 Å². The third kappa shape index (κ3) is 2.63. The van der Waals surface area contributed by atoms with Gasteiger partial charge in [0.2, 0.25) is 0 Å². The van der Waals surface area contributed by atoms with Crippen LogP contribution in [-0.2, 0) is 36.0 Å². The van der Waals surface area contributed by atoms with Crippen LogP contribution in [0.1, 0.15) is 87.5 Å². The molecule has 0 unspecified atom stereocenters. The van der Waals surface area contributed by atoms with Gasteiger partial charge in [-0.2, -0.15) is 0 Å². The van der Waals surface area contributed by atoms with Crippen LogP contribution in [-0.4, -0.2) is 4.98 Å². The van der Waals surface area contributed by atoms with Gasteiger partial charge in [0, 0.05) is 26.3 Å². The maximum Gasteiger partial charge on any atom is 0.0713 e. The van der Waals surface area contributed by atoms with E-state index in [9.17, 15) is 0 Å². The Morgan fingerprint density at radius 3 is 2.23 bits per heavy atom. The summed E-state index contributed by atoms with van der Waals surface area (Å²) in [6, 6.07) is 10.2. The molecule has 0 amide bonds. The zero-order valence-corrected chi connectivity index (χ0v) is 18.4. The Morgan fingerprint density at radius 1 is 0.923 bits per heavy atom. The van der Waals surface area contributed by atoms with Crippen molar-refractivity contribution in [3.05, 3.63) is 52.7 Å². The summed E-state index contributed by atoms with van der Waals surface area (Å²) in [6.45, 7) is 8.59. The second-order valence-electron chi connectivity index (χ2n) is 9.04. The third-order valence-electron chi connectivity index (χ3n) is 6.61. The van der Waals surface area contributed by atoms with Crippen LogP contribution in [0.5, 0.6) is 0 Å². The van der Waals surface area contributed by atoms with E-state index in [0.29, 0.717) is 0 Å². The Kier molecular flexibility index (Phi) is 4.23. The van der Waals surface area contributed by atoms with Gasteiger partial charge in [-0.05, 0) is 82.0 Å². The molecular weight excluding hydrogens is 498 g/mol. The molecule has 2 nitrogen and oxygen atoms in total. The fourth-order valence-electron chi connectivity index (χ4n) is 5.42. The second kappa shape index (κ2) is 5.99. The smallest absolute Gasteiger partial charge is 0.0713 e. The van der Waals surface area contributed by atoms with Crippen LogP contribution in [0.15, 0.2) is 24.4 Å². The van der Waals surface area contributed by atoms with Gasteiger partial charge in [-0.15, -0.1) is 23.8 Å². The van der Waals surface area contributed by atoms with E-state index in [1.54, 1.807) is 5.56 Å². The zero-order chi connectivity index (χ0) is 17.4. The Bertz CT molecular complexity index is 863. The molecule has 26 heavy (non-hydrogen) atoms. The van der Waals surface area contributed by atoms with Crippen molar-refractivity contribution in [2.45, 2.75) is 76.4 Å². The van der Waals surface area contributed by atoms with E-state index < -0.39 is 0 Å². The van der Waals surface area contributed by atoms with Crippen LogP contribution in [0.3, 0.4) is 0 Å². The largest absolute Gasteiger partial charge is 0.371 e. The number of rotatable bonds is 1. The van der Waals surface area contributed by atoms with Crippen molar-refractivity contribution in [2.75, 3.05) is 0 Å². The number of hydrogen-bond donors (Lipinski definition) is 0. The van der Waals surface area contributed by atoms with Crippen molar-refractivity contribution < 1.29 is 24.8 Å². The minimum atomic E-state index is -0.268. The first-order valence-corrected chi connectivity index (χ1v) is 9.62. The van der Waals surface area contributed by atoms with Crippen molar-refractivity contribution in [1.29, 1.82) is 0 Å². The Hall–Kier alpha value is -1.02. The van der Waals surface area contributed by atoms with Crippen LogP contribution in [0.2, 0.25) is 0 Å². The summed E-state index contributed by atoms with van der Waals surface area (Å²) in [5.74, 6) is 1.49. The summed E-state index contributed by atoms with van der Waals surface area (Å²) in [7, 11) is 0. The van der Waals surface area contributed by atoms with Crippen LogP contribution < -0.4 is 0 Å². The molecule has 4 aliphatic rings. The van der Waals surface area contributed by atoms with Gasteiger partial charge in [-0.3, -0.25) is 0 Å². The average molecular weight is 525 g/mol. The molecule has 0 N–H and O–H groups in total. The van der Waals surface area contributed by atoms with Crippen molar-refractivity contribution in [1.82, 2.24) is 4.98 Å². The normalized spacial score (nSPS) is 26.8. The van der Waals surface area contributed by atoms with Gasteiger partial charge in [-0.1, -0.05) is 17.2 Å². The Balaban J connectivity index is 0.00000168. The van der Waals surface area contributed by atoms with E-state index in [-0.39, 0.29) is 31.3 Å². The molecule has 1 saturated carbocycles. The molecule has 2 heterocycles. The number of benzene rings is 1. The van der Waals surface area contributed by atoms with E-state index >= 15 is 0 Å². The monoisotopic (exact) mass is 525 g/mol. The molecule has 1 aliphatic heterocycles. The molecule has 2 aromatic rings. The van der Waals surface area contributed by atoms with E-state index in [0.717, 1.165) is 23.1 Å². The van der Waals surface area contributed by atoms with Gasteiger partial charge < -0.3 is 9.72 Å². The molecule has 1 fully saturated rings. The number of pyridine rings is 1. The minimum absolute atomic E-state index is 0. The minimum Gasteiger partial charge on any atom is -0.371 e. The first-order chi connectivity index (χ1) is 11.9. The molecular formula is C23H26IrNO-. The van der Waals surface area contributed by atoms with E-state index in [4.69, 9.17) is 9.72 Å². The quantitative estimate of drug-likeness (QED) is 0.440. The first-order valence-electron chi connectivity index (χ1n) is 9.62. The predicted octanol–water partition coefficient (Wildman–Crippen LogP) is 5.80. The van der Waals surface area contributed by atoms with Gasteiger partial charge >= 0.3 is 0 Å². The number of ether oxygens (including phenoxy) is 1. The molecule has 1 aromatic heterocycles. The fourth-order valence-corrected chi connectivity index (χ4v) is 5.42. The molecule has 3 aliphatic carbocycles. The van der Waals surface area contributed by atoms with Crippen LogP contribution in [0, 0.1) is 6.07 Å². The fraction of sp³-hybridized carbons (Fsp3) is 0.522. The molecule has 3 heteroatoms. The SMILES string of the molecule is CC1(C)OC(C)(C)c2cc(-c3cc4c(cn3)C3CCC4CC3)[c-]cc21.[Ir]. The summed E-state index contributed by atoms with van der Waals surface area (Å²) in [5.41, 5.74) is 7.22. The Morgan fingerprint density at radius 2 is 1.54 bits per heavy atom. The standard InChI is InChI=1S/C23H26NO.Ir/c1-22(2)19-10-9-16(11-20(19)23(3,4)25-22)21-12-17-14-5-7-15(8-6-14)18(17)13-24-21;/h10-15H,5-8H2,1-4H3;/q-1;. The molecule has 0 spiro atoms. The zero-order valence-electron chi connectivity index (χ0n) is 16.0. The van der Waals surface area contributed by atoms with E-state index in [1.165, 1.54) is 42.4 Å². The van der Waals surface area contributed by atoms with Gasteiger partial charge in [0.05, 0.1) is 11.2 Å². The second-order valence-corrected chi connectivity index (χ2v) is 9.04. The van der Waals surface area contributed by atoms with Gasteiger partial charge in [0.15, 0.2) is 0 Å². The van der Waals surface area contributed by atoms with Crippen molar-refractivity contribution in [3.63, 3.8) is 0 Å². The van der Waals surface area contributed by atoms with Crippen molar-refractivity contribution in [2.24, 2.45) is 0 Å². The topological polar surface area (TPSA) is 22.1 Å². The van der Waals surface area contributed by atoms with Gasteiger partial charge in [-0.25, -0.2) is 0 Å². The number of fused-ring (bicyclic) bond motifs is 3. The summed E-state index contributed by atoms with van der Waals surface area (Å²) in [5, 5.41) is 0. The number of nitrogens with zero attached hydrogens (tertiary/aromatic N) is 1. The maximum absolute atomic E-state index is 6.29. The summed E-state index contributed by atoms with van der Waals surface area (Å²) < 4.78 is 6.29. The molecule has 139 valence electrons. The Labute approximate surface area is 170 Å². The summed E-state index contributed by atoms with van der Waals surface area (Å²) in [6.07, 6.45) is 7.55.